The fraction of sp³-hybridized carbons (Fsp3) is 0.538. The molecule has 19 heavy (non-hydrogen) atoms. The largest absolute Gasteiger partial charge is 0.369 e. The summed E-state index contributed by atoms with van der Waals surface area (Å²) in [5.74, 6) is -0.396. The van der Waals surface area contributed by atoms with Crippen LogP contribution in [-0.2, 0) is 15.1 Å². The highest BCUT2D eigenvalue weighted by Crippen LogP contribution is 2.60. The molecule has 1 aromatic heterocycles. The van der Waals surface area contributed by atoms with Crippen molar-refractivity contribution in [3.63, 3.8) is 0 Å². The van der Waals surface area contributed by atoms with E-state index in [1.807, 2.05) is 19.1 Å². The van der Waals surface area contributed by atoms with E-state index in [1.54, 1.807) is 0 Å². The summed E-state index contributed by atoms with van der Waals surface area (Å²) < 4.78 is 0.681. The van der Waals surface area contributed by atoms with Crippen molar-refractivity contribution in [1.82, 2.24) is 5.32 Å². The zero-order valence-corrected chi connectivity index (χ0v) is 12.1. The predicted molar refractivity (Wildman–Crippen MR) is 73.8 cm³/mol. The number of nitrogens with one attached hydrogen (secondary N) is 1. The molecule has 2 fully saturated rings. The topological polar surface area (TPSA) is 72.2 Å². The van der Waals surface area contributed by atoms with E-state index in [4.69, 9.17) is 17.3 Å². The Bertz CT molecular complexity index is 567. The number of nitrogens with two attached hydrogens (primary N) is 1. The molecule has 102 valence electrons. The first-order valence-electron chi connectivity index (χ1n) is 6.25. The summed E-state index contributed by atoms with van der Waals surface area (Å²) in [5, 5.41) is 3.02. The van der Waals surface area contributed by atoms with Gasteiger partial charge in [-0.25, -0.2) is 0 Å². The number of primary amides is 1. The van der Waals surface area contributed by atoms with Crippen LogP contribution in [0.4, 0.5) is 0 Å². The van der Waals surface area contributed by atoms with Gasteiger partial charge in [-0.3, -0.25) is 9.59 Å². The van der Waals surface area contributed by atoms with Crippen LogP contribution in [0.5, 0.6) is 0 Å². The maximum Gasteiger partial charge on any atom is 0.224 e. The van der Waals surface area contributed by atoms with Crippen LogP contribution in [0.15, 0.2) is 12.1 Å². The van der Waals surface area contributed by atoms with Crippen LogP contribution in [0.25, 0.3) is 0 Å². The lowest BCUT2D eigenvalue weighted by Gasteiger charge is -2.34. The molecule has 2 atom stereocenters. The lowest BCUT2D eigenvalue weighted by molar-refractivity contribution is -0.126. The molecule has 0 bridgehead atoms. The number of carbonyl (C=O) groups is 2. The number of thiophene rings is 1. The second-order valence-electron chi connectivity index (χ2n) is 5.63. The Labute approximate surface area is 120 Å². The van der Waals surface area contributed by atoms with E-state index in [-0.39, 0.29) is 17.7 Å². The lowest BCUT2D eigenvalue weighted by atomic mass is 9.74. The molecule has 1 saturated heterocycles. The number of amides is 2. The molecule has 4 nitrogen and oxygen atoms in total. The molecule has 0 spiro atoms. The van der Waals surface area contributed by atoms with Crippen molar-refractivity contribution in [2.45, 2.75) is 31.7 Å². The van der Waals surface area contributed by atoms with E-state index in [2.05, 4.69) is 5.32 Å². The smallest absolute Gasteiger partial charge is 0.224 e. The van der Waals surface area contributed by atoms with Gasteiger partial charge in [-0.2, -0.15) is 0 Å². The molecule has 2 amide bonds. The normalized spacial score (nSPS) is 32.1. The molecule has 0 radical (unpaired) electrons. The summed E-state index contributed by atoms with van der Waals surface area (Å²) in [4.78, 5) is 24.6. The lowest BCUT2D eigenvalue weighted by Crippen LogP contribution is -2.45. The van der Waals surface area contributed by atoms with Crippen LogP contribution in [0.2, 0.25) is 4.34 Å². The Hall–Kier alpha value is -1.07. The van der Waals surface area contributed by atoms with Crippen molar-refractivity contribution < 1.29 is 9.59 Å². The van der Waals surface area contributed by atoms with Crippen molar-refractivity contribution in [2.75, 3.05) is 0 Å². The van der Waals surface area contributed by atoms with Gasteiger partial charge in [0.15, 0.2) is 0 Å². The molecule has 1 saturated carbocycles. The SMILES string of the molecule is C[C@]1(c2ccc(Cl)s2)NC(=O)C[C@H]1C1(C(N)=O)CC1. The average Bonchev–Trinajstić information content (AvgIpc) is 2.92. The van der Waals surface area contributed by atoms with Crippen LogP contribution >= 0.6 is 22.9 Å². The highest BCUT2D eigenvalue weighted by molar-refractivity contribution is 7.16. The minimum Gasteiger partial charge on any atom is -0.369 e. The van der Waals surface area contributed by atoms with Crippen molar-refractivity contribution >= 4 is 34.8 Å². The molecule has 2 heterocycles. The Balaban J connectivity index is 2.03. The van der Waals surface area contributed by atoms with Crippen molar-refractivity contribution in [3.05, 3.63) is 21.3 Å². The minimum absolute atomic E-state index is 0.0236. The van der Waals surface area contributed by atoms with Gasteiger partial charge >= 0.3 is 0 Å². The van der Waals surface area contributed by atoms with Gasteiger partial charge < -0.3 is 11.1 Å². The second kappa shape index (κ2) is 3.96. The second-order valence-corrected chi connectivity index (χ2v) is 7.35. The van der Waals surface area contributed by atoms with Gasteiger partial charge in [0, 0.05) is 17.2 Å². The summed E-state index contributed by atoms with van der Waals surface area (Å²) in [5.41, 5.74) is 4.50. The van der Waals surface area contributed by atoms with Gasteiger partial charge in [-0.05, 0) is 31.9 Å². The average molecular weight is 299 g/mol. The molecule has 1 aliphatic carbocycles. The summed E-state index contributed by atoms with van der Waals surface area (Å²) in [6.07, 6.45) is 1.91. The molecular formula is C13H15ClN2O2S. The number of halogens is 1. The van der Waals surface area contributed by atoms with Gasteiger partial charge in [0.2, 0.25) is 11.8 Å². The van der Waals surface area contributed by atoms with Crippen LogP contribution < -0.4 is 11.1 Å². The Morgan fingerprint density at radius 2 is 2.21 bits per heavy atom. The van der Waals surface area contributed by atoms with E-state index in [0.717, 1.165) is 17.7 Å². The zero-order chi connectivity index (χ0) is 13.8. The van der Waals surface area contributed by atoms with Crippen molar-refractivity contribution in [1.29, 1.82) is 0 Å². The van der Waals surface area contributed by atoms with E-state index in [0.29, 0.717) is 10.8 Å². The van der Waals surface area contributed by atoms with Crippen LogP contribution in [0, 0.1) is 11.3 Å². The third-order valence-corrected chi connectivity index (χ3v) is 5.99. The number of carbonyl (C=O) groups excluding carboxylic acids is 2. The molecule has 1 aromatic rings. The monoisotopic (exact) mass is 298 g/mol. The molecule has 2 aliphatic rings. The fourth-order valence-electron chi connectivity index (χ4n) is 3.29. The third-order valence-electron chi connectivity index (χ3n) is 4.52. The Morgan fingerprint density at radius 1 is 1.53 bits per heavy atom. The molecular weight excluding hydrogens is 284 g/mol. The van der Waals surface area contributed by atoms with Crippen LogP contribution in [0.1, 0.15) is 31.1 Å². The Kier molecular flexibility index (Phi) is 2.70. The van der Waals surface area contributed by atoms with Gasteiger partial charge in [0.25, 0.3) is 0 Å². The molecule has 3 rings (SSSR count). The van der Waals surface area contributed by atoms with E-state index >= 15 is 0 Å². The Morgan fingerprint density at radius 3 is 2.68 bits per heavy atom. The quantitative estimate of drug-likeness (QED) is 0.896. The number of hydrogen-bond acceptors (Lipinski definition) is 3. The summed E-state index contributed by atoms with van der Waals surface area (Å²) in [7, 11) is 0. The summed E-state index contributed by atoms with van der Waals surface area (Å²) in [6, 6.07) is 3.74. The van der Waals surface area contributed by atoms with E-state index < -0.39 is 11.0 Å². The van der Waals surface area contributed by atoms with Gasteiger partial charge in [0.05, 0.1) is 15.3 Å². The van der Waals surface area contributed by atoms with Gasteiger partial charge in [-0.15, -0.1) is 11.3 Å². The highest BCUT2D eigenvalue weighted by Gasteiger charge is 2.63. The maximum absolute atomic E-state index is 11.9. The summed E-state index contributed by atoms with van der Waals surface area (Å²) in [6.45, 7) is 1.97. The van der Waals surface area contributed by atoms with E-state index in [9.17, 15) is 9.59 Å². The summed E-state index contributed by atoms with van der Waals surface area (Å²) >= 11 is 7.44. The minimum atomic E-state index is -0.541. The fourth-order valence-corrected chi connectivity index (χ4v) is 4.49. The van der Waals surface area contributed by atoms with E-state index in [1.165, 1.54) is 11.3 Å². The molecule has 6 heteroatoms. The van der Waals surface area contributed by atoms with Crippen molar-refractivity contribution in [2.24, 2.45) is 17.1 Å². The first-order valence-corrected chi connectivity index (χ1v) is 7.45. The molecule has 0 unspecified atom stereocenters. The third kappa shape index (κ3) is 1.79. The first kappa shape index (κ1) is 12.9. The van der Waals surface area contributed by atoms with Gasteiger partial charge in [-0.1, -0.05) is 11.6 Å². The predicted octanol–water partition coefficient (Wildman–Crippen LogP) is 2.02. The van der Waals surface area contributed by atoms with Gasteiger partial charge in [0.1, 0.15) is 0 Å². The molecule has 3 N–H and O–H groups in total. The zero-order valence-electron chi connectivity index (χ0n) is 10.5. The number of hydrogen-bond donors (Lipinski definition) is 2. The molecule has 0 aromatic carbocycles. The first-order chi connectivity index (χ1) is 8.88. The molecule has 1 aliphatic heterocycles. The maximum atomic E-state index is 11.9. The standard InChI is InChI=1S/C13H15ClN2O2S/c1-12(8-2-3-9(14)19-8)7(6-10(17)16-12)13(4-5-13)11(15)18/h2-3,7H,4-6H2,1H3,(H2,15,18)(H,16,17)/t7-,12+/m1/s1. The van der Waals surface area contributed by atoms with Crippen LogP contribution in [-0.4, -0.2) is 11.8 Å². The van der Waals surface area contributed by atoms with Crippen LogP contribution in [0.3, 0.4) is 0 Å². The number of rotatable bonds is 3. The van der Waals surface area contributed by atoms with Crippen molar-refractivity contribution in [3.8, 4) is 0 Å². The highest BCUT2D eigenvalue weighted by atomic mass is 35.5.